The number of benzene rings is 3. The van der Waals surface area contributed by atoms with E-state index < -0.39 is 10.8 Å². The molecule has 1 amide bonds. The van der Waals surface area contributed by atoms with Crippen molar-refractivity contribution in [3.05, 3.63) is 102 Å². The summed E-state index contributed by atoms with van der Waals surface area (Å²) in [5.74, 6) is -0.0219. The quantitative estimate of drug-likeness (QED) is 0.156. The number of halogens is 2. The van der Waals surface area contributed by atoms with Crippen LogP contribution in [-0.4, -0.2) is 17.0 Å². The molecule has 4 rings (SSSR count). The zero-order valence-corrected chi connectivity index (χ0v) is 20.9. The highest BCUT2D eigenvalue weighted by atomic mass is 79.9. The number of rotatable bonds is 7. The molecule has 1 aromatic heterocycles. The summed E-state index contributed by atoms with van der Waals surface area (Å²) < 4.78 is 7.16. The van der Waals surface area contributed by atoms with E-state index in [1.807, 2.05) is 12.1 Å². The first-order valence-electron chi connectivity index (χ1n) is 9.97. The van der Waals surface area contributed by atoms with Crippen molar-refractivity contribution in [1.29, 1.82) is 5.26 Å². The maximum Gasteiger partial charge on any atom is 0.281 e. The van der Waals surface area contributed by atoms with Crippen molar-refractivity contribution >= 4 is 66.8 Å². The molecule has 1 heterocycles. The van der Waals surface area contributed by atoms with Crippen molar-refractivity contribution in [2.24, 2.45) is 5.10 Å². The van der Waals surface area contributed by atoms with Gasteiger partial charge in [0.2, 0.25) is 0 Å². The number of nitro groups is 1. The van der Waals surface area contributed by atoms with Crippen LogP contribution in [0.1, 0.15) is 26.4 Å². The molecule has 0 fully saturated rings. The smallest absolute Gasteiger partial charge is 0.281 e. The van der Waals surface area contributed by atoms with E-state index in [0.717, 1.165) is 10.3 Å². The fraction of sp³-hybridized carbons (Fsp3) is 0.0417. The van der Waals surface area contributed by atoms with Gasteiger partial charge in [0.25, 0.3) is 11.6 Å². The predicted octanol–water partition coefficient (Wildman–Crippen LogP) is 6.44. The van der Waals surface area contributed by atoms with Crippen molar-refractivity contribution in [1.82, 2.24) is 5.43 Å². The van der Waals surface area contributed by atoms with Crippen molar-refractivity contribution in [2.45, 2.75) is 6.61 Å². The number of fused-ring (bicyclic) bond motifs is 1. The summed E-state index contributed by atoms with van der Waals surface area (Å²) in [6.45, 7) is 0.171. The lowest BCUT2D eigenvalue weighted by atomic mass is 10.1. The van der Waals surface area contributed by atoms with E-state index in [-0.39, 0.29) is 12.3 Å². The maximum atomic E-state index is 12.5. The predicted molar refractivity (Wildman–Crippen MR) is 138 cm³/mol. The summed E-state index contributed by atoms with van der Waals surface area (Å²) in [6.07, 6.45) is 1.43. The average molecular weight is 570 g/mol. The van der Waals surface area contributed by atoms with Gasteiger partial charge in [0, 0.05) is 27.8 Å². The number of hydrogen-bond acceptors (Lipinski definition) is 7. The van der Waals surface area contributed by atoms with Gasteiger partial charge in [0.05, 0.1) is 37.1 Å². The van der Waals surface area contributed by atoms with Gasteiger partial charge in [-0.3, -0.25) is 14.9 Å². The van der Waals surface area contributed by atoms with Crippen LogP contribution < -0.4 is 10.2 Å². The second-order valence-electron chi connectivity index (χ2n) is 7.16. The van der Waals surface area contributed by atoms with E-state index in [1.165, 1.54) is 29.7 Å². The molecule has 0 unspecified atom stereocenters. The Morgan fingerprint density at radius 3 is 2.80 bits per heavy atom. The minimum absolute atomic E-state index is 0.0376. The number of ether oxygens (including phenoxy) is 1. The topological polar surface area (TPSA) is 118 Å². The number of nitriles is 1. The average Bonchev–Trinajstić information content (AvgIpc) is 3.27. The standard InChI is InChI=1S/C24H14BrClN4O4S/c25-19-7-14(8-20(26)23(19)34-13-16-4-2-1-3-15(16)11-27)12-28-29-24(31)22-10-17-9-18(30(32)33)5-6-21(17)35-22/h1-10,12H,13H2,(H,29,31)/b28-12-. The van der Waals surface area contributed by atoms with Crippen LogP contribution in [-0.2, 0) is 6.61 Å². The zero-order chi connectivity index (χ0) is 24.9. The number of nitro benzene ring substituents is 1. The monoisotopic (exact) mass is 568 g/mol. The number of hydrazone groups is 1. The number of hydrogen-bond donors (Lipinski definition) is 1. The Kier molecular flexibility index (Phi) is 7.41. The zero-order valence-electron chi connectivity index (χ0n) is 17.7. The highest BCUT2D eigenvalue weighted by Gasteiger charge is 2.14. The number of thiophene rings is 1. The van der Waals surface area contributed by atoms with Gasteiger partial charge in [-0.1, -0.05) is 29.8 Å². The molecule has 0 bridgehead atoms. The van der Waals surface area contributed by atoms with Crippen molar-refractivity contribution in [2.75, 3.05) is 0 Å². The lowest BCUT2D eigenvalue weighted by Gasteiger charge is -2.12. The molecule has 4 aromatic rings. The first-order valence-corrected chi connectivity index (χ1v) is 12.0. The number of non-ortho nitro benzene ring substituents is 1. The number of carbonyl (C=O) groups excluding carboxylic acids is 1. The van der Waals surface area contributed by atoms with Gasteiger partial charge < -0.3 is 4.74 Å². The number of nitrogens with one attached hydrogen (secondary N) is 1. The molecular weight excluding hydrogens is 556 g/mol. The Labute approximate surface area is 216 Å². The molecule has 35 heavy (non-hydrogen) atoms. The second kappa shape index (κ2) is 10.7. The summed E-state index contributed by atoms with van der Waals surface area (Å²) >= 11 is 11.0. The molecule has 3 aromatic carbocycles. The molecule has 0 saturated heterocycles. The molecule has 0 aliphatic rings. The lowest BCUT2D eigenvalue weighted by Crippen LogP contribution is -2.16. The Morgan fingerprint density at radius 1 is 1.26 bits per heavy atom. The summed E-state index contributed by atoms with van der Waals surface area (Å²) in [7, 11) is 0. The molecule has 174 valence electrons. The van der Waals surface area contributed by atoms with Crippen LogP contribution in [0.3, 0.4) is 0 Å². The van der Waals surface area contributed by atoms with Crippen LogP contribution in [0.2, 0.25) is 5.02 Å². The van der Waals surface area contributed by atoms with Crippen LogP contribution in [0.5, 0.6) is 5.75 Å². The molecule has 0 saturated carbocycles. The number of nitrogens with zero attached hydrogens (tertiary/aromatic N) is 3. The third kappa shape index (κ3) is 5.66. The van der Waals surface area contributed by atoms with Crippen LogP contribution in [0.15, 0.2) is 70.2 Å². The SMILES string of the molecule is N#Cc1ccccc1COc1c(Cl)cc(/C=N\NC(=O)c2cc3cc([N+](=O)[O-])ccc3s2)cc1Br. The highest BCUT2D eigenvalue weighted by molar-refractivity contribution is 9.10. The molecule has 1 N–H and O–H groups in total. The van der Waals surface area contributed by atoms with Gasteiger partial charge in [-0.25, -0.2) is 5.43 Å². The molecule has 0 aliphatic heterocycles. The summed E-state index contributed by atoms with van der Waals surface area (Å²) in [5.41, 5.74) is 4.28. The normalized spacial score (nSPS) is 10.9. The van der Waals surface area contributed by atoms with Crippen molar-refractivity contribution in [3.8, 4) is 11.8 Å². The molecule has 8 nitrogen and oxygen atoms in total. The van der Waals surface area contributed by atoms with E-state index in [9.17, 15) is 20.2 Å². The van der Waals surface area contributed by atoms with Crippen LogP contribution >= 0.6 is 38.9 Å². The number of amides is 1. The van der Waals surface area contributed by atoms with Crippen molar-refractivity contribution < 1.29 is 14.5 Å². The minimum atomic E-state index is -0.480. The summed E-state index contributed by atoms with van der Waals surface area (Å²) in [4.78, 5) is 23.3. The second-order valence-corrected chi connectivity index (χ2v) is 9.51. The fourth-order valence-corrected chi connectivity index (χ4v) is 5.10. The van der Waals surface area contributed by atoms with E-state index in [1.54, 1.807) is 36.4 Å². The Bertz CT molecular complexity index is 1510. The molecule has 11 heteroatoms. The third-order valence-corrected chi connectivity index (χ3v) is 6.83. The Hall–Kier alpha value is -3.78. The maximum absolute atomic E-state index is 12.5. The van der Waals surface area contributed by atoms with E-state index >= 15 is 0 Å². The van der Waals surface area contributed by atoms with Gasteiger partial charge >= 0.3 is 0 Å². The number of carbonyl (C=O) groups is 1. The largest absolute Gasteiger partial charge is 0.486 e. The van der Waals surface area contributed by atoms with Gasteiger partial charge in [-0.15, -0.1) is 11.3 Å². The Balaban J connectivity index is 1.43. The van der Waals surface area contributed by atoms with Gasteiger partial charge in [0.15, 0.2) is 5.75 Å². The third-order valence-electron chi connectivity index (χ3n) is 4.84. The van der Waals surface area contributed by atoms with Gasteiger partial charge in [-0.05, 0) is 51.8 Å². The van der Waals surface area contributed by atoms with E-state index in [2.05, 4.69) is 32.5 Å². The molecule has 0 radical (unpaired) electrons. The van der Waals surface area contributed by atoms with Gasteiger partial charge in [-0.2, -0.15) is 10.4 Å². The van der Waals surface area contributed by atoms with Crippen LogP contribution in [0, 0.1) is 21.4 Å². The summed E-state index contributed by atoms with van der Waals surface area (Å²) in [5, 5.41) is 25.1. The molecule has 0 aliphatic carbocycles. The van der Waals surface area contributed by atoms with E-state index in [0.29, 0.717) is 36.6 Å². The molecule has 0 atom stereocenters. The first-order chi connectivity index (χ1) is 16.9. The minimum Gasteiger partial charge on any atom is -0.486 e. The van der Waals surface area contributed by atoms with Gasteiger partial charge in [0.1, 0.15) is 6.61 Å². The van der Waals surface area contributed by atoms with Crippen molar-refractivity contribution in [3.63, 3.8) is 0 Å². The van der Waals surface area contributed by atoms with E-state index in [4.69, 9.17) is 16.3 Å². The highest BCUT2D eigenvalue weighted by Crippen LogP contribution is 2.35. The van der Waals surface area contributed by atoms with Crippen LogP contribution in [0.4, 0.5) is 5.69 Å². The Morgan fingerprint density at radius 2 is 2.06 bits per heavy atom. The van der Waals surface area contributed by atoms with Crippen LogP contribution in [0.25, 0.3) is 10.1 Å². The first kappa shape index (κ1) is 24.3. The summed E-state index contributed by atoms with van der Waals surface area (Å²) in [6, 6.07) is 18.6. The fourth-order valence-electron chi connectivity index (χ4n) is 3.17. The molecule has 0 spiro atoms. The lowest BCUT2D eigenvalue weighted by molar-refractivity contribution is -0.384. The molecular formula is C24H14BrClN4O4S.